The Hall–Kier alpha value is -7.72. The van der Waals surface area contributed by atoms with Crippen molar-refractivity contribution in [3.05, 3.63) is 247 Å². The molecule has 0 spiro atoms. The number of para-hydroxylation sites is 1. The van der Waals surface area contributed by atoms with Gasteiger partial charge in [-0.2, -0.15) is 0 Å². The van der Waals surface area contributed by atoms with Gasteiger partial charge in [0.15, 0.2) is 0 Å². The standard InChI is InChI=1S/C59H37NOS/c1-3-18-39(19-4-1)59(40-20-5-2-6-21-40)49-27-12-9-23-43(49)44-36-34-41(37-50(44)59)60(52-29-16-32-55-57(52)47-25-11-14-31-54(47)62-55)51-28-13-10-24-45(51)46-26-15-30-53-56(46)48-35-33-38-17-7-8-22-42(38)58(48)61-53/h1-37H. The predicted octanol–water partition coefficient (Wildman–Crippen LogP) is 16.6. The van der Waals surface area contributed by atoms with Crippen LogP contribution < -0.4 is 4.90 Å². The fourth-order valence-corrected chi connectivity index (χ4v) is 11.7. The van der Waals surface area contributed by atoms with Crippen LogP contribution in [-0.4, -0.2) is 0 Å². The van der Waals surface area contributed by atoms with Crippen LogP contribution in [0.4, 0.5) is 17.1 Å². The van der Waals surface area contributed by atoms with E-state index in [1.807, 2.05) is 11.3 Å². The zero-order valence-corrected chi connectivity index (χ0v) is 34.4. The average Bonchev–Trinajstić information content (AvgIpc) is 4.01. The second kappa shape index (κ2) is 13.7. The molecule has 0 fully saturated rings. The summed E-state index contributed by atoms with van der Waals surface area (Å²) in [7, 11) is 0. The molecule has 0 amide bonds. The third-order valence-corrected chi connectivity index (χ3v) is 14.3. The molecule has 2 nitrogen and oxygen atoms in total. The highest BCUT2D eigenvalue weighted by atomic mass is 32.1. The van der Waals surface area contributed by atoms with Crippen molar-refractivity contribution >= 4 is 81.3 Å². The van der Waals surface area contributed by atoms with Gasteiger partial charge in [0, 0.05) is 47.6 Å². The Balaban J connectivity index is 1.13. The van der Waals surface area contributed by atoms with E-state index in [1.165, 1.54) is 58.9 Å². The van der Waals surface area contributed by atoms with Gasteiger partial charge in [0.05, 0.1) is 16.8 Å². The monoisotopic (exact) mass is 807 g/mol. The quantitative estimate of drug-likeness (QED) is 0.166. The lowest BCUT2D eigenvalue weighted by atomic mass is 9.67. The van der Waals surface area contributed by atoms with Crippen LogP contribution in [0.5, 0.6) is 0 Å². The lowest BCUT2D eigenvalue weighted by Crippen LogP contribution is -2.28. The molecule has 0 unspecified atom stereocenters. The zero-order chi connectivity index (χ0) is 40.8. The van der Waals surface area contributed by atoms with Gasteiger partial charge in [-0.05, 0) is 92.9 Å². The van der Waals surface area contributed by atoms with Gasteiger partial charge < -0.3 is 9.32 Å². The minimum Gasteiger partial charge on any atom is -0.455 e. The van der Waals surface area contributed by atoms with Crippen molar-refractivity contribution in [3.8, 4) is 22.3 Å². The maximum absolute atomic E-state index is 6.77. The summed E-state index contributed by atoms with van der Waals surface area (Å²) < 4.78 is 9.31. The van der Waals surface area contributed by atoms with Crippen LogP contribution in [-0.2, 0) is 5.41 Å². The molecule has 0 atom stereocenters. The van der Waals surface area contributed by atoms with E-state index >= 15 is 0 Å². The van der Waals surface area contributed by atoms with E-state index in [1.54, 1.807) is 0 Å². The van der Waals surface area contributed by atoms with Gasteiger partial charge in [-0.25, -0.2) is 0 Å². The number of anilines is 3. The summed E-state index contributed by atoms with van der Waals surface area (Å²) in [5.41, 5.74) is 14.5. The topological polar surface area (TPSA) is 16.4 Å². The van der Waals surface area contributed by atoms with E-state index in [0.29, 0.717) is 0 Å². The Labute approximate surface area is 363 Å². The third kappa shape index (κ3) is 4.97. The maximum atomic E-state index is 6.77. The van der Waals surface area contributed by atoms with Crippen molar-refractivity contribution in [1.29, 1.82) is 0 Å². The van der Waals surface area contributed by atoms with E-state index in [9.17, 15) is 0 Å². The molecule has 1 aliphatic rings. The molecule has 0 aliphatic heterocycles. The third-order valence-electron chi connectivity index (χ3n) is 13.1. The van der Waals surface area contributed by atoms with Crippen LogP contribution in [0.2, 0.25) is 0 Å². The largest absolute Gasteiger partial charge is 0.455 e. The van der Waals surface area contributed by atoms with Gasteiger partial charge in [-0.1, -0.05) is 176 Å². The smallest absolute Gasteiger partial charge is 0.143 e. The molecule has 3 heteroatoms. The number of hydrogen-bond acceptors (Lipinski definition) is 3. The molecule has 290 valence electrons. The van der Waals surface area contributed by atoms with Gasteiger partial charge in [0.2, 0.25) is 0 Å². The number of hydrogen-bond donors (Lipinski definition) is 0. The lowest BCUT2D eigenvalue weighted by molar-refractivity contribution is 0.673. The van der Waals surface area contributed by atoms with Crippen molar-refractivity contribution in [1.82, 2.24) is 0 Å². The second-order valence-corrected chi connectivity index (χ2v) is 17.4. The van der Waals surface area contributed by atoms with Crippen molar-refractivity contribution < 1.29 is 4.42 Å². The lowest BCUT2D eigenvalue weighted by Gasteiger charge is -2.35. The molecule has 2 aromatic heterocycles. The molecule has 1 aliphatic carbocycles. The SMILES string of the molecule is c1ccc(C2(c3ccccc3)c3ccccc3-c3ccc(N(c4ccccc4-c4cccc5oc6c7ccccc7ccc6c45)c4cccc5sc6ccccc6c45)cc32)cc1. The Morgan fingerprint density at radius 2 is 1.02 bits per heavy atom. The molecule has 62 heavy (non-hydrogen) atoms. The summed E-state index contributed by atoms with van der Waals surface area (Å²) in [6.07, 6.45) is 0. The number of rotatable bonds is 6. The first-order chi connectivity index (χ1) is 30.8. The predicted molar refractivity (Wildman–Crippen MR) is 262 cm³/mol. The maximum Gasteiger partial charge on any atom is 0.143 e. The van der Waals surface area contributed by atoms with Crippen LogP contribution in [0, 0.1) is 0 Å². The summed E-state index contributed by atoms with van der Waals surface area (Å²) in [4.78, 5) is 2.53. The van der Waals surface area contributed by atoms with Gasteiger partial charge >= 0.3 is 0 Å². The van der Waals surface area contributed by atoms with E-state index < -0.39 is 5.41 Å². The Bertz CT molecular complexity index is 3670. The van der Waals surface area contributed by atoms with Gasteiger partial charge in [0.25, 0.3) is 0 Å². The van der Waals surface area contributed by atoms with Crippen molar-refractivity contribution in [2.24, 2.45) is 0 Å². The van der Waals surface area contributed by atoms with E-state index in [4.69, 9.17) is 4.42 Å². The normalized spacial score (nSPS) is 13.0. The number of benzene rings is 10. The van der Waals surface area contributed by atoms with Gasteiger partial charge in [-0.15, -0.1) is 11.3 Å². The Morgan fingerprint density at radius 1 is 0.387 bits per heavy atom. The summed E-state index contributed by atoms with van der Waals surface area (Å²) in [5, 5.41) is 7.05. The molecular formula is C59H37NOS. The first-order valence-corrected chi connectivity index (χ1v) is 22.1. The van der Waals surface area contributed by atoms with E-state index in [2.05, 4.69) is 229 Å². The van der Waals surface area contributed by atoms with Crippen LogP contribution in [0.25, 0.3) is 75.1 Å². The van der Waals surface area contributed by atoms with Crippen molar-refractivity contribution in [2.75, 3.05) is 4.90 Å². The first-order valence-electron chi connectivity index (χ1n) is 21.3. The summed E-state index contributed by atoms with van der Waals surface area (Å²) in [6, 6.07) is 82.4. The minimum atomic E-state index is -0.541. The molecule has 0 radical (unpaired) electrons. The molecule has 0 saturated carbocycles. The van der Waals surface area contributed by atoms with Gasteiger partial charge in [-0.3, -0.25) is 0 Å². The summed E-state index contributed by atoms with van der Waals surface area (Å²) >= 11 is 1.86. The Morgan fingerprint density at radius 3 is 1.85 bits per heavy atom. The highest BCUT2D eigenvalue weighted by molar-refractivity contribution is 7.26. The van der Waals surface area contributed by atoms with Crippen LogP contribution in [0.15, 0.2) is 229 Å². The molecule has 13 rings (SSSR count). The van der Waals surface area contributed by atoms with Gasteiger partial charge in [0.1, 0.15) is 11.2 Å². The number of nitrogens with zero attached hydrogens (tertiary/aromatic N) is 1. The molecule has 10 aromatic carbocycles. The number of fused-ring (bicyclic) bond motifs is 11. The van der Waals surface area contributed by atoms with Crippen LogP contribution in [0.1, 0.15) is 22.3 Å². The van der Waals surface area contributed by atoms with Crippen molar-refractivity contribution in [2.45, 2.75) is 5.41 Å². The van der Waals surface area contributed by atoms with Crippen LogP contribution in [0.3, 0.4) is 0 Å². The highest BCUT2D eigenvalue weighted by Gasteiger charge is 2.46. The van der Waals surface area contributed by atoms with Crippen molar-refractivity contribution in [3.63, 3.8) is 0 Å². The number of thiophene rings is 1. The number of furan rings is 1. The second-order valence-electron chi connectivity index (χ2n) is 16.3. The molecule has 0 bridgehead atoms. The van der Waals surface area contributed by atoms with E-state index in [0.717, 1.165) is 55.5 Å². The van der Waals surface area contributed by atoms with E-state index in [-0.39, 0.29) is 0 Å². The molecular weight excluding hydrogens is 771 g/mol. The molecule has 2 heterocycles. The zero-order valence-electron chi connectivity index (χ0n) is 33.6. The highest BCUT2D eigenvalue weighted by Crippen LogP contribution is 2.58. The molecule has 12 aromatic rings. The van der Waals surface area contributed by atoms with Crippen LogP contribution >= 0.6 is 11.3 Å². The summed E-state index contributed by atoms with van der Waals surface area (Å²) in [5.74, 6) is 0. The summed E-state index contributed by atoms with van der Waals surface area (Å²) in [6.45, 7) is 0. The molecule has 0 N–H and O–H groups in total. The Kier molecular flexibility index (Phi) is 7.72. The average molecular weight is 808 g/mol. The minimum absolute atomic E-state index is 0.541. The fraction of sp³-hybridized carbons (Fsp3) is 0.0169. The first kappa shape index (κ1) is 35.1. The fourth-order valence-electron chi connectivity index (χ4n) is 10.6. The molecule has 0 saturated heterocycles.